The van der Waals surface area contributed by atoms with Crippen LogP contribution in [-0.2, 0) is 20.8 Å². The van der Waals surface area contributed by atoms with Gasteiger partial charge in [0.05, 0.1) is 6.04 Å². The number of hydrogen-bond donors (Lipinski definition) is 4. The second-order valence-electron chi connectivity index (χ2n) is 6.22. The van der Waals surface area contributed by atoms with E-state index in [2.05, 4.69) is 5.32 Å². The second kappa shape index (κ2) is 10.5. The molecule has 3 amide bonds. The highest BCUT2D eigenvalue weighted by Crippen LogP contribution is 2.21. The average molecular weight is 348 g/mol. The molecule has 0 aliphatic carbocycles. The summed E-state index contributed by atoms with van der Waals surface area (Å²) < 4.78 is 0. The smallest absolute Gasteiger partial charge is 0.241 e. The molecule has 0 bridgehead atoms. The summed E-state index contributed by atoms with van der Waals surface area (Å²) in [4.78, 5) is 33.6. The maximum Gasteiger partial charge on any atom is 0.241 e. The molecular formula is C18H28N4O3. The number of unbranched alkanes of at least 4 members (excludes halogenated alkanes) is 2. The van der Waals surface area contributed by atoms with Crippen molar-refractivity contribution < 1.29 is 14.4 Å². The van der Waals surface area contributed by atoms with Crippen LogP contribution in [0.1, 0.15) is 49.7 Å². The molecule has 138 valence electrons. The molecule has 1 unspecified atom stereocenters. The summed E-state index contributed by atoms with van der Waals surface area (Å²) in [6.45, 7) is 1.95. The summed E-state index contributed by atoms with van der Waals surface area (Å²) in [7, 11) is 0. The normalized spacial score (nSPS) is 11.8. The topological polar surface area (TPSA) is 141 Å². The van der Waals surface area contributed by atoms with Gasteiger partial charge in [0.2, 0.25) is 17.7 Å². The Morgan fingerprint density at radius 1 is 1.04 bits per heavy atom. The lowest BCUT2D eigenvalue weighted by Crippen LogP contribution is -2.36. The van der Waals surface area contributed by atoms with E-state index in [9.17, 15) is 14.4 Å². The van der Waals surface area contributed by atoms with Gasteiger partial charge in [-0.2, -0.15) is 0 Å². The van der Waals surface area contributed by atoms with Crippen LogP contribution in [-0.4, -0.2) is 23.8 Å². The molecule has 1 rings (SSSR count). The van der Waals surface area contributed by atoms with Crippen LogP contribution in [0.4, 0.5) is 5.69 Å². The van der Waals surface area contributed by atoms with Crippen molar-refractivity contribution in [1.29, 1.82) is 0 Å². The number of primary amides is 2. The lowest BCUT2D eigenvalue weighted by Gasteiger charge is -2.15. The maximum atomic E-state index is 12.1. The van der Waals surface area contributed by atoms with Crippen LogP contribution in [0, 0.1) is 6.92 Å². The molecule has 0 saturated carbocycles. The molecule has 0 aliphatic rings. The van der Waals surface area contributed by atoms with E-state index in [4.69, 9.17) is 17.2 Å². The van der Waals surface area contributed by atoms with Crippen molar-refractivity contribution in [1.82, 2.24) is 0 Å². The fraction of sp³-hybridized carbons (Fsp3) is 0.500. The summed E-state index contributed by atoms with van der Waals surface area (Å²) in [5.74, 6) is -1.07. The van der Waals surface area contributed by atoms with Gasteiger partial charge in [-0.15, -0.1) is 0 Å². The largest absolute Gasteiger partial charge is 0.370 e. The summed E-state index contributed by atoms with van der Waals surface area (Å²) in [5.41, 5.74) is 18.8. The molecule has 0 radical (unpaired) electrons. The molecule has 0 aromatic heterocycles. The zero-order chi connectivity index (χ0) is 18.8. The fourth-order valence-electron chi connectivity index (χ4n) is 2.54. The summed E-state index contributed by atoms with van der Waals surface area (Å²) >= 11 is 0. The highest BCUT2D eigenvalue weighted by molar-refractivity contribution is 5.95. The van der Waals surface area contributed by atoms with Gasteiger partial charge < -0.3 is 22.5 Å². The number of nitrogens with one attached hydrogen (secondary N) is 1. The molecule has 1 aromatic carbocycles. The van der Waals surface area contributed by atoms with Crippen LogP contribution >= 0.6 is 0 Å². The third-order valence-corrected chi connectivity index (χ3v) is 4.11. The lowest BCUT2D eigenvalue weighted by molar-refractivity contribution is -0.120. The molecule has 1 atom stereocenters. The Bertz CT molecular complexity index is 616. The third-order valence-electron chi connectivity index (χ3n) is 4.11. The Balaban J connectivity index is 2.56. The molecule has 25 heavy (non-hydrogen) atoms. The number of carbonyl (C=O) groups excluding carboxylic acids is 3. The minimum Gasteiger partial charge on any atom is -0.370 e. The Hall–Kier alpha value is -2.41. The van der Waals surface area contributed by atoms with Crippen LogP contribution in [0.2, 0.25) is 0 Å². The first-order valence-electron chi connectivity index (χ1n) is 8.52. The van der Waals surface area contributed by atoms with Crippen molar-refractivity contribution in [2.24, 2.45) is 17.2 Å². The van der Waals surface area contributed by atoms with Gasteiger partial charge in [0.1, 0.15) is 0 Å². The van der Waals surface area contributed by atoms with Gasteiger partial charge in [0.15, 0.2) is 0 Å². The molecule has 0 heterocycles. The minimum absolute atomic E-state index is 0.0823. The monoisotopic (exact) mass is 348 g/mol. The van der Waals surface area contributed by atoms with Crippen molar-refractivity contribution in [3.05, 3.63) is 29.3 Å². The molecule has 0 fully saturated rings. The van der Waals surface area contributed by atoms with E-state index in [1.54, 1.807) is 0 Å². The minimum atomic E-state index is -0.774. The highest BCUT2D eigenvalue weighted by atomic mass is 16.2. The van der Waals surface area contributed by atoms with E-state index in [1.165, 1.54) is 0 Å². The van der Waals surface area contributed by atoms with E-state index in [-0.39, 0.29) is 24.7 Å². The Morgan fingerprint density at radius 2 is 1.72 bits per heavy atom. The van der Waals surface area contributed by atoms with Gasteiger partial charge in [-0.3, -0.25) is 14.4 Å². The molecule has 0 saturated heterocycles. The Kier molecular flexibility index (Phi) is 8.63. The molecule has 1 aromatic rings. The highest BCUT2D eigenvalue weighted by Gasteiger charge is 2.16. The number of amides is 3. The van der Waals surface area contributed by atoms with E-state index in [1.807, 2.05) is 25.1 Å². The van der Waals surface area contributed by atoms with Gasteiger partial charge in [0.25, 0.3) is 0 Å². The molecule has 0 spiro atoms. The van der Waals surface area contributed by atoms with Gasteiger partial charge in [-0.25, -0.2) is 0 Å². The fourth-order valence-corrected chi connectivity index (χ4v) is 2.54. The number of aryl methyl sites for hydroxylation is 1. The lowest BCUT2D eigenvalue weighted by atomic mass is 10.00. The average Bonchev–Trinajstić information content (AvgIpc) is 2.55. The Morgan fingerprint density at radius 3 is 2.36 bits per heavy atom. The SMILES string of the molecule is Cc1c(CCCCCC(N)=O)cccc1NC(=O)C(N)CCC(N)=O. The predicted molar refractivity (Wildman–Crippen MR) is 97.6 cm³/mol. The van der Waals surface area contributed by atoms with Gasteiger partial charge in [-0.05, 0) is 49.8 Å². The van der Waals surface area contributed by atoms with Crippen LogP contribution in [0.25, 0.3) is 0 Å². The third kappa shape index (κ3) is 7.80. The Labute approximate surface area is 148 Å². The number of rotatable bonds is 11. The van der Waals surface area contributed by atoms with Crippen LogP contribution < -0.4 is 22.5 Å². The van der Waals surface area contributed by atoms with Crippen LogP contribution in [0.5, 0.6) is 0 Å². The second-order valence-corrected chi connectivity index (χ2v) is 6.22. The predicted octanol–water partition coefficient (Wildman–Crippen LogP) is 1.11. The van der Waals surface area contributed by atoms with Crippen LogP contribution in [0.15, 0.2) is 18.2 Å². The zero-order valence-electron chi connectivity index (χ0n) is 14.7. The number of anilines is 1. The van der Waals surface area contributed by atoms with Crippen molar-refractivity contribution in [3.8, 4) is 0 Å². The molecule has 7 heteroatoms. The standard InChI is InChI=1S/C18H28N4O3/c1-12-13(6-3-2-4-9-16(20)23)7-5-8-15(12)22-18(25)14(19)10-11-17(21)24/h5,7-8,14H,2-4,6,9-11,19H2,1H3,(H2,20,23)(H2,21,24)(H,22,25). The molecule has 7 N–H and O–H groups in total. The number of nitrogens with two attached hydrogens (primary N) is 3. The molecule has 0 aliphatic heterocycles. The summed E-state index contributed by atoms with van der Waals surface area (Å²) in [6, 6.07) is 4.96. The number of hydrogen-bond acceptors (Lipinski definition) is 4. The van der Waals surface area contributed by atoms with Crippen molar-refractivity contribution in [3.63, 3.8) is 0 Å². The summed E-state index contributed by atoms with van der Waals surface area (Å²) in [5, 5.41) is 2.81. The van der Waals surface area contributed by atoms with E-state index in [0.29, 0.717) is 12.1 Å². The van der Waals surface area contributed by atoms with Gasteiger partial charge >= 0.3 is 0 Å². The first kappa shape index (κ1) is 20.6. The summed E-state index contributed by atoms with van der Waals surface area (Å²) in [6.07, 6.45) is 4.25. The van der Waals surface area contributed by atoms with Crippen molar-refractivity contribution >= 4 is 23.4 Å². The van der Waals surface area contributed by atoms with E-state index < -0.39 is 11.9 Å². The quantitative estimate of drug-likeness (QED) is 0.444. The van der Waals surface area contributed by atoms with Crippen molar-refractivity contribution in [2.75, 3.05) is 5.32 Å². The first-order valence-corrected chi connectivity index (χ1v) is 8.52. The van der Waals surface area contributed by atoms with Crippen LogP contribution in [0.3, 0.4) is 0 Å². The first-order chi connectivity index (χ1) is 11.8. The number of carbonyl (C=O) groups is 3. The van der Waals surface area contributed by atoms with Gasteiger partial charge in [0, 0.05) is 18.5 Å². The maximum absolute atomic E-state index is 12.1. The zero-order valence-corrected chi connectivity index (χ0v) is 14.7. The van der Waals surface area contributed by atoms with Crippen molar-refractivity contribution in [2.45, 2.75) is 57.9 Å². The van der Waals surface area contributed by atoms with E-state index >= 15 is 0 Å². The molecule has 7 nitrogen and oxygen atoms in total. The van der Waals surface area contributed by atoms with Gasteiger partial charge in [-0.1, -0.05) is 18.6 Å². The number of benzene rings is 1. The van der Waals surface area contributed by atoms with E-state index in [0.717, 1.165) is 36.8 Å². The molecular weight excluding hydrogens is 320 g/mol.